The third-order valence-electron chi connectivity index (χ3n) is 5.33. The fourth-order valence-electron chi connectivity index (χ4n) is 3.56. The summed E-state index contributed by atoms with van der Waals surface area (Å²) in [5, 5.41) is 15.1. The van der Waals surface area contributed by atoms with Crippen molar-refractivity contribution in [3.8, 4) is 22.3 Å². The first-order valence-corrected chi connectivity index (χ1v) is 11.4. The van der Waals surface area contributed by atoms with Crippen molar-refractivity contribution in [1.82, 2.24) is 15.0 Å². The van der Waals surface area contributed by atoms with Crippen molar-refractivity contribution in [3.63, 3.8) is 0 Å². The normalized spacial score (nSPS) is 10.8. The number of nitrogens with zero attached hydrogens (tertiary/aromatic N) is 3. The van der Waals surface area contributed by atoms with Crippen molar-refractivity contribution < 1.29 is 4.79 Å². The molecule has 0 saturated carbocycles. The Morgan fingerprint density at radius 1 is 0.909 bits per heavy atom. The number of anilines is 2. The van der Waals surface area contributed by atoms with E-state index < -0.39 is 0 Å². The van der Waals surface area contributed by atoms with E-state index in [9.17, 15) is 4.79 Å². The second-order valence-electron chi connectivity index (χ2n) is 7.63. The number of nitrogens with two attached hydrogens (primary N) is 1. The molecule has 3 N–H and O–H groups in total. The second kappa shape index (κ2) is 9.10. The Kier molecular flexibility index (Phi) is 5.70. The minimum Gasteiger partial charge on any atom is -0.397 e. The molecule has 0 saturated heterocycles. The lowest BCUT2D eigenvalue weighted by Gasteiger charge is -2.09. The first kappa shape index (κ1) is 20.7. The third kappa shape index (κ3) is 4.68. The maximum atomic E-state index is 12.8. The van der Waals surface area contributed by atoms with Crippen LogP contribution in [0, 0.1) is 0 Å². The number of hydrogen-bond donors (Lipinski definition) is 2. The maximum Gasteiger partial charge on any atom is 0.277 e. The van der Waals surface area contributed by atoms with Crippen LogP contribution >= 0.6 is 11.3 Å². The Hall–Kier alpha value is -4.23. The molecule has 7 heteroatoms. The summed E-state index contributed by atoms with van der Waals surface area (Å²) in [4.78, 5) is 12.8. The lowest BCUT2D eigenvalue weighted by molar-refractivity contribution is 0.102. The van der Waals surface area contributed by atoms with Gasteiger partial charge in [-0.05, 0) is 56.8 Å². The summed E-state index contributed by atoms with van der Waals surface area (Å²) in [5.74, 6) is -0.352. The fourth-order valence-corrected chi connectivity index (χ4v) is 4.22. The smallest absolute Gasteiger partial charge is 0.277 e. The summed E-state index contributed by atoms with van der Waals surface area (Å²) in [7, 11) is 0. The molecule has 3 aromatic carbocycles. The number of carbonyl (C=O) groups excluding carboxylic acids is 1. The van der Waals surface area contributed by atoms with Gasteiger partial charge >= 0.3 is 0 Å². The van der Waals surface area contributed by atoms with E-state index in [1.807, 2.05) is 41.8 Å². The van der Waals surface area contributed by atoms with Gasteiger partial charge < -0.3 is 11.1 Å². The van der Waals surface area contributed by atoms with Crippen LogP contribution in [0.1, 0.15) is 16.1 Å². The van der Waals surface area contributed by atoms with Gasteiger partial charge in [0.05, 0.1) is 24.1 Å². The molecule has 0 atom stereocenters. The second-order valence-corrected chi connectivity index (χ2v) is 8.41. The van der Waals surface area contributed by atoms with Gasteiger partial charge in [-0.3, -0.25) is 4.79 Å². The predicted molar refractivity (Wildman–Crippen MR) is 133 cm³/mol. The molecule has 0 bridgehead atoms. The van der Waals surface area contributed by atoms with Crippen molar-refractivity contribution in [3.05, 3.63) is 107 Å². The van der Waals surface area contributed by atoms with Gasteiger partial charge in [-0.2, -0.15) is 11.3 Å². The molecule has 6 nitrogen and oxygen atoms in total. The average Bonchev–Trinajstić information content (AvgIpc) is 3.54. The first-order chi connectivity index (χ1) is 16.2. The van der Waals surface area contributed by atoms with Crippen LogP contribution in [0.25, 0.3) is 22.3 Å². The molecule has 2 heterocycles. The minimum absolute atomic E-state index is 0.233. The molecule has 0 spiro atoms. The van der Waals surface area contributed by atoms with E-state index in [1.165, 1.54) is 5.56 Å². The van der Waals surface area contributed by atoms with Gasteiger partial charge in [-0.1, -0.05) is 65.9 Å². The van der Waals surface area contributed by atoms with Crippen LogP contribution in [0.15, 0.2) is 95.8 Å². The van der Waals surface area contributed by atoms with Crippen molar-refractivity contribution in [2.45, 2.75) is 6.54 Å². The van der Waals surface area contributed by atoms with Crippen LogP contribution in [0.5, 0.6) is 0 Å². The highest BCUT2D eigenvalue weighted by Crippen LogP contribution is 2.29. The van der Waals surface area contributed by atoms with Gasteiger partial charge in [0.25, 0.3) is 5.91 Å². The summed E-state index contributed by atoms with van der Waals surface area (Å²) < 4.78 is 1.65. The largest absolute Gasteiger partial charge is 0.397 e. The van der Waals surface area contributed by atoms with Crippen molar-refractivity contribution in [1.29, 1.82) is 0 Å². The lowest BCUT2D eigenvalue weighted by Crippen LogP contribution is -2.13. The molecule has 5 rings (SSSR count). The van der Waals surface area contributed by atoms with Crippen LogP contribution in [-0.4, -0.2) is 20.9 Å². The highest BCUT2D eigenvalue weighted by Gasteiger charge is 2.14. The summed E-state index contributed by atoms with van der Waals surface area (Å²) in [6, 6.07) is 26.1. The van der Waals surface area contributed by atoms with Gasteiger partial charge in [0, 0.05) is 0 Å². The Morgan fingerprint density at radius 2 is 1.67 bits per heavy atom. The Bertz CT molecular complexity index is 1380. The number of carbonyl (C=O) groups is 1. The highest BCUT2D eigenvalue weighted by atomic mass is 32.1. The van der Waals surface area contributed by atoms with Crippen LogP contribution in [-0.2, 0) is 6.54 Å². The number of nitrogen functional groups attached to an aromatic ring is 1. The molecule has 33 heavy (non-hydrogen) atoms. The van der Waals surface area contributed by atoms with E-state index in [-0.39, 0.29) is 11.6 Å². The highest BCUT2D eigenvalue weighted by molar-refractivity contribution is 7.08. The van der Waals surface area contributed by atoms with Crippen LogP contribution in [0.3, 0.4) is 0 Å². The number of benzene rings is 3. The van der Waals surface area contributed by atoms with Gasteiger partial charge in [-0.25, -0.2) is 4.68 Å². The Morgan fingerprint density at radius 3 is 2.42 bits per heavy atom. The van der Waals surface area contributed by atoms with E-state index >= 15 is 0 Å². The van der Waals surface area contributed by atoms with E-state index in [0.717, 1.165) is 22.3 Å². The molecular formula is C26H21N5OS. The van der Waals surface area contributed by atoms with Gasteiger partial charge in [0.2, 0.25) is 0 Å². The summed E-state index contributed by atoms with van der Waals surface area (Å²) >= 11 is 1.62. The van der Waals surface area contributed by atoms with Crippen LogP contribution < -0.4 is 11.1 Å². The predicted octanol–water partition coefficient (Wildman–Crippen LogP) is 5.56. The van der Waals surface area contributed by atoms with Crippen molar-refractivity contribution >= 4 is 28.6 Å². The SMILES string of the molecule is Nc1ccc(-c2ccsc2)cc1NC(=O)c1cn(Cc2ccc(-c3ccccc3)cc2)nn1. The van der Waals surface area contributed by atoms with E-state index in [4.69, 9.17) is 5.73 Å². The number of hydrogen-bond acceptors (Lipinski definition) is 5. The molecule has 1 amide bonds. The van der Waals surface area contributed by atoms with E-state index in [1.54, 1.807) is 28.3 Å². The summed E-state index contributed by atoms with van der Waals surface area (Å²) in [5.41, 5.74) is 12.8. The Labute approximate surface area is 195 Å². The quantitative estimate of drug-likeness (QED) is 0.331. The molecule has 0 aliphatic rings. The van der Waals surface area contributed by atoms with Gasteiger partial charge in [0.1, 0.15) is 0 Å². The zero-order valence-corrected chi connectivity index (χ0v) is 18.5. The molecule has 162 valence electrons. The summed E-state index contributed by atoms with van der Waals surface area (Å²) in [6.45, 7) is 0.519. The molecule has 0 radical (unpaired) electrons. The van der Waals surface area contributed by atoms with Crippen molar-refractivity contribution in [2.75, 3.05) is 11.1 Å². The third-order valence-corrected chi connectivity index (χ3v) is 6.02. The number of nitrogens with one attached hydrogen (secondary N) is 1. The zero-order valence-electron chi connectivity index (χ0n) is 17.7. The monoisotopic (exact) mass is 451 g/mol. The van der Waals surface area contributed by atoms with E-state index in [0.29, 0.717) is 17.9 Å². The number of rotatable bonds is 6. The maximum absolute atomic E-state index is 12.8. The van der Waals surface area contributed by atoms with Crippen molar-refractivity contribution in [2.24, 2.45) is 0 Å². The van der Waals surface area contributed by atoms with Gasteiger partial charge in [0.15, 0.2) is 5.69 Å². The fraction of sp³-hybridized carbons (Fsp3) is 0.0385. The topological polar surface area (TPSA) is 85.8 Å². The minimum atomic E-state index is -0.352. The molecule has 0 fully saturated rings. The van der Waals surface area contributed by atoms with Gasteiger partial charge in [-0.15, -0.1) is 5.10 Å². The Balaban J connectivity index is 1.27. The molecule has 0 unspecified atom stereocenters. The molecule has 0 aliphatic carbocycles. The number of aromatic nitrogens is 3. The van der Waals surface area contributed by atoms with Crippen LogP contribution in [0.4, 0.5) is 11.4 Å². The molecule has 5 aromatic rings. The number of thiophene rings is 1. The number of amides is 1. The summed E-state index contributed by atoms with van der Waals surface area (Å²) in [6.07, 6.45) is 1.64. The standard InChI is InChI=1S/C26H21N5OS/c27-23-11-10-21(22-12-13-33-17-22)14-24(23)28-26(32)25-16-31(30-29-25)15-18-6-8-20(9-7-18)19-4-2-1-3-5-19/h1-14,16-17H,15,27H2,(H,28,32). The lowest BCUT2D eigenvalue weighted by atomic mass is 10.0. The first-order valence-electron chi connectivity index (χ1n) is 10.4. The zero-order chi connectivity index (χ0) is 22.6. The molecule has 2 aromatic heterocycles. The molecular weight excluding hydrogens is 430 g/mol. The average molecular weight is 452 g/mol. The van der Waals surface area contributed by atoms with Crippen LogP contribution in [0.2, 0.25) is 0 Å². The molecule has 0 aliphatic heterocycles. The van der Waals surface area contributed by atoms with E-state index in [2.05, 4.69) is 57.4 Å².